The molecule has 3 aromatic heterocycles. The van der Waals surface area contributed by atoms with Gasteiger partial charge in [-0.1, -0.05) is 18.3 Å². The van der Waals surface area contributed by atoms with Gasteiger partial charge in [-0.05, 0) is 56.2 Å². The van der Waals surface area contributed by atoms with E-state index in [4.69, 9.17) is 10.1 Å². The molecule has 6 heterocycles. The number of aliphatic hydroxyl groups excluding tert-OH is 1. The Morgan fingerprint density at radius 1 is 1.17 bits per heavy atom. The molecule has 1 aromatic carbocycles. The Kier molecular flexibility index (Phi) is 7.17. The van der Waals surface area contributed by atoms with Crippen molar-refractivity contribution in [2.24, 2.45) is 5.41 Å². The number of pyridine rings is 1. The number of benzene rings is 1. The molecule has 3 fully saturated rings. The molecule has 2 amide bonds. The molecule has 4 aromatic rings. The van der Waals surface area contributed by atoms with Gasteiger partial charge in [0.05, 0.1) is 48.1 Å². The van der Waals surface area contributed by atoms with Crippen LogP contribution in [0.1, 0.15) is 29.6 Å². The lowest BCUT2D eigenvalue weighted by Gasteiger charge is -2.58. The number of anilines is 3. The summed E-state index contributed by atoms with van der Waals surface area (Å²) in [5.74, 6) is -3.40. The van der Waals surface area contributed by atoms with Crippen molar-refractivity contribution in [1.29, 1.82) is 5.26 Å². The Balaban J connectivity index is 1.17. The molecule has 14 heteroatoms. The summed E-state index contributed by atoms with van der Waals surface area (Å²) in [6.45, 7) is 4.33. The van der Waals surface area contributed by atoms with E-state index in [-0.39, 0.29) is 44.4 Å². The highest BCUT2D eigenvalue weighted by Crippen LogP contribution is 2.51. The van der Waals surface area contributed by atoms with Gasteiger partial charge in [0.25, 0.3) is 5.92 Å². The molecule has 240 valence electrons. The SMILES string of the molecule is CCc1nn2c(C)cc(N3CCC4(CN(C(=O)N5CC(O)C5)C4)C(F)(F)C3)cc2c1N(C)c1nc(-c2ccc(F)cc2)c(C#N)s1. The molecule has 3 aliphatic rings. The van der Waals surface area contributed by atoms with Gasteiger partial charge in [-0.2, -0.15) is 10.4 Å². The Hall–Kier alpha value is -4.35. The van der Waals surface area contributed by atoms with Crippen LogP contribution in [0.15, 0.2) is 36.4 Å². The summed E-state index contributed by atoms with van der Waals surface area (Å²) in [7, 11) is 1.84. The fourth-order valence-corrected chi connectivity index (χ4v) is 7.65. The van der Waals surface area contributed by atoms with Crippen LogP contribution in [0, 0.1) is 29.5 Å². The number of β-amino-alcohol motifs (C(OH)–C–C–N with tert-alkyl or cyclic N) is 1. The second kappa shape index (κ2) is 10.9. The minimum atomic E-state index is -3.02. The number of carbonyl (C=O) groups excluding carboxylic acids is 1. The quantitative estimate of drug-likeness (QED) is 0.323. The Labute approximate surface area is 267 Å². The maximum absolute atomic E-state index is 15.9. The summed E-state index contributed by atoms with van der Waals surface area (Å²) in [4.78, 5) is 24.3. The van der Waals surface area contributed by atoms with E-state index >= 15 is 8.78 Å². The normalized spacial score (nSPS) is 18.9. The number of halogens is 3. The Bertz CT molecular complexity index is 1870. The van der Waals surface area contributed by atoms with Crippen molar-refractivity contribution in [3.05, 3.63) is 58.5 Å². The molecule has 0 unspecified atom stereocenters. The summed E-state index contributed by atoms with van der Waals surface area (Å²) in [6, 6.07) is 11.5. The van der Waals surface area contributed by atoms with Crippen molar-refractivity contribution in [3.63, 3.8) is 0 Å². The molecule has 3 aliphatic heterocycles. The van der Waals surface area contributed by atoms with Gasteiger partial charge < -0.3 is 24.7 Å². The molecule has 1 N–H and O–H groups in total. The maximum atomic E-state index is 15.9. The van der Waals surface area contributed by atoms with E-state index in [9.17, 15) is 19.6 Å². The van der Waals surface area contributed by atoms with Crippen molar-refractivity contribution in [3.8, 4) is 17.3 Å². The summed E-state index contributed by atoms with van der Waals surface area (Å²) >= 11 is 1.22. The molecular formula is C32H33F3N8O2S. The van der Waals surface area contributed by atoms with Crippen LogP contribution in [-0.4, -0.2) is 93.9 Å². The third-order valence-corrected chi connectivity index (χ3v) is 10.6. The van der Waals surface area contributed by atoms with Crippen LogP contribution < -0.4 is 9.80 Å². The maximum Gasteiger partial charge on any atom is 0.320 e. The van der Waals surface area contributed by atoms with Gasteiger partial charge in [0.2, 0.25) is 0 Å². The fourth-order valence-electron chi connectivity index (χ4n) is 6.80. The summed E-state index contributed by atoms with van der Waals surface area (Å²) < 4.78 is 47.1. The number of rotatable bonds is 5. The lowest BCUT2D eigenvalue weighted by atomic mass is 9.69. The number of aryl methyl sites for hydroxylation is 2. The second-order valence-electron chi connectivity index (χ2n) is 12.5. The van der Waals surface area contributed by atoms with E-state index in [0.29, 0.717) is 39.9 Å². The zero-order chi connectivity index (χ0) is 32.5. The fraction of sp³-hybridized carbons (Fsp3) is 0.438. The van der Waals surface area contributed by atoms with Crippen LogP contribution in [0.3, 0.4) is 0 Å². The number of urea groups is 1. The number of thiazole rings is 1. The lowest BCUT2D eigenvalue weighted by Crippen LogP contribution is -2.73. The summed E-state index contributed by atoms with van der Waals surface area (Å²) in [5, 5.41) is 24.7. The van der Waals surface area contributed by atoms with Crippen LogP contribution in [0.4, 0.5) is 34.5 Å². The molecule has 10 nitrogen and oxygen atoms in total. The number of carbonyl (C=O) groups is 1. The molecule has 0 bridgehead atoms. The minimum absolute atomic E-state index is 0.00711. The van der Waals surface area contributed by atoms with Gasteiger partial charge >= 0.3 is 6.03 Å². The number of nitriles is 1. The van der Waals surface area contributed by atoms with E-state index in [1.165, 1.54) is 33.3 Å². The van der Waals surface area contributed by atoms with E-state index < -0.39 is 24.0 Å². The number of aliphatic hydroxyl groups is 1. The van der Waals surface area contributed by atoms with Gasteiger partial charge in [0.15, 0.2) is 5.13 Å². The molecule has 1 spiro atoms. The Morgan fingerprint density at radius 2 is 1.89 bits per heavy atom. The molecule has 3 saturated heterocycles. The number of alkyl halides is 2. The van der Waals surface area contributed by atoms with Crippen molar-refractivity contribution < 1.29 is 23.1 Å². The average molecular weight is 651 g/mol. The zero-order valence-corrected chi connectivity index (χ0v) is 26.5. The van der Waals surface area contributed by atoms with Crippen LogP contribution in [0.25, 0.3) is 16.8 Å². The van der Waals surface area contributed by atoms with Crippen LogP contribution >= 0.6 is 11.3 Å². The monoisotopic (exact) mass is 650 g/mol. The molecular weight excluding hydrogens is 617 g/mol. The predicted molar refractivity (Wildman–Crippen MR) is 168 cm³/mol. The Morgan fingerprint density at radius 3 is 2.52 bits per heavy atom. The summed E-state index contributed by atoms with van der Waals surface area (Å²) in [5.41, 5.74) is 3.55. The predicted octanol–water partition coefficient (Wildman–Crippen LogP) is 5.05. The molecule has 7 rings (SSSR count). The van der Waals surface area contributed by atoms with Gasteiger partial charge in [-0.3, -0.25) is 0 Å². The first-order valence-electron chi connectivity index (χ1n) is 15.2. The number of nitrogens with zero attached hydrogens (tertiary/aromatic N) is 8. The van der Waals surface area contributed by atoms with Gasteiger partial charge in [-0.25, -0.2) is 27.5 Å². The first kappa shape index (κ1) is 30.3. The number of hydrogen-bond donors (Lipinski definition) is 1. The summed E-state index contributed by atoms with van der Waals surface area (Å²) in [6.07, 6.45) is 0.308. The van der Waals surface area contributed by atoms with E-state index in [0.717, 1.165) is 22.6 Å². The number of piperidine rings is 1. The highest BCUT2D eigenvalue weighted by Gasteiger charge is 2.64. The van der Waals surface area contributed by atoms with Crippen molar-refractivity contribution in [2.75, 3.05) is 56.1 Å². The number of hydrogen-bond acceptors (Lipinski definition) is 8. The molecule has 46 heavy (non-hydrogen) atoms. The number of likely N-dealkylation sites (tertiary alicyclic amines) is 2. The highest BCUT2D eigenvalue weighted by molar-refractivity contribution is 7.16. The van der Waals surface area contributed by atoms with Crippen LogP contribution in [0.2, 0.25) is 0 Å². The topological polar surface area (TPSA) is 104 Å². The van der Waals surface area contributed by atoms with E-state index in [1.807, 2.05) is 37.9 Å². The van der Waals surface area contributed by atoms with Crippen molar-refractivity contribution in [2.45, 2.75) is 38.7 Å². The molecule has 0 aliphatic carbocycles. The average Bonchev–Trinajstić information content (AvgIpc) is 3.60. The largest absolute Gasteiger partial charge is 0.389 e. The first-order valence-corrected chi connectivity index (χ1v) is 16.0. The molecule has 0 atom stereocenters. The van der Waals surface area contributed by atoms with E-state index in [2.05, 4.69) is 6.07 Å². The number of aromatic nitrogens is 3. The highest BCUT2D eigenvalue weighted by atomic mass is 32.1. The first-order chi connectivity index (χ1) is 21.9. The van der Waals surface area contributed by atoms with Crippen LogP contribution in [0.5, 0.6) is 0 Å². The van der Waals surface area contributed by atoms with Crippen LogP contribution in [-0.2, 0) is 6.42 Å². The van der Waals surface area contributed by atoms with Crippen molar-refractivity contribution >= 4 is 39.4 Å². The van der Waals surface area contributed by atoms with E-state index in [1.54, 1.807) is 21.5 Å². The zero-order valence-electron chi connectivity index (χ0n) is 25.7. The number of fused-ring (bicyclic) bond motifs is 1. The minimum Gasteiger partial charge on any atom is -0.389 e. The number of amides is 2. The third kappa shape index (κ3) is 4.75. The lowest BCUT2D eigenvalue weighted by molar-refractivity contribution is -0.188. The van der Waals surface area contributed by atoms with Crippen molar-refractivity contribution in [1.82, 2.24) is 24.4 Å². The molecule has 0 radical (unpaired) electrons. The third-order valence-electron chi connectivity index (χ3n) is 9.51. The smallest absolute Gasteiger partial charge is 0.320 e. The van der Waals surface area contributed by atoms with Gasteiger partial charge in [0.1, 0.15) is 22.5 Å². The molecule has 0 saturated carbocycles. The standard InChI is InChI=1S/C32H33F3N8O2S/c1-4-24-28(39(3)29-37-27(26(13-36)46-29)20-5-7-21(33)8-6-20)25-12-22(11-19(2)43(25)38-24)40-10-9-31(32(34,35)18-40)16-42(17-31)30(45)41-14-23(44)15-41/h5-8,11-12,23,44H,4,9-10,14-18H2,1-3H3. The second-order valence-corrected chi connectivity index (χ2v) is 13.5. The van der Waals surface area contributed by atoms with Gasteiger partial charge in [-0.15, -0.1) is 0 Å². The van der Waals surface area contributed by atoms with Gasteiger partial charge in [0, 0.05) is 43.6 Å².